The number of furan rings is 1. The van der Waals surface area contributed by atoms with Gasteiger partial charge in [0.15, 0.2) is 5.76 Å². The molecule has 2 aliphatic rings. The SMILES string of the molecule is NNC(=O)c1ccc(CN2CCC(N3CCCC3)C2)o1. The Kier molecular flexibility index (Phi) is 4.05. The number of carbonyl (C=O) groups is 1. The molecule has 0 bridgehead atoms. The van der Waals surface area contributed by atoms with E-state index in [4.69, 9.17) is 10.3 Å². The Balaban J connectivity index is 1.53. The number of nitrogens with one attached hydrogen (secondary N) is 1. The third-order valence-corrected chi connectivity index (χ3v) is 4.30. The summed E-state index contributed by atoms with van der Waals surface area (Å²) in [6.07, 6.45) is 3.91. The minimum Gasteiger partial charge on any atom is -0.455 e. The number of hydrogen-bond donors (Lipinski definition) is 2. The van der Waals surface area contributed by atoms with Crippen molar-refractivity contribution >= 4 is 5.91 Å². The zero-order valence-electron chi connectivity index (χ0n) is 11.7. The first-order valence-corrected chi connectivity index (χ1v) is 7.32. The maximum absolute atomic E-state index is 11.3. The Morgan fingerprint density at radius 2 is 2.15 bits per heavy atom. The summed E-state index contributed by atoms with van der Waals surface area (Å²) in [6, 6.07) is 4.22. The number of rotatable bonds is 4. The van der Waals surface area contributed by atoms with Crippen LogP contribution >= 0.6 is 0 Å². The van der Waals surface area contributed by atoms with Crippen molar-refractivity contribution in [2.45, 2.75) is 31.8 Å². The number of hydrazine groups is 1. The molecule has 1 atom stereocenters. The molecule has 0 saturated carbocycles. The van der Waals surface area contributed by atoms with Gasteiger partial charge in [-0.3, -0.25) is 20.0 Å². The number of amides is 1. The molecule has 0 aromatic carbocycles. The van der Waals surface area contributed by atoms with Crippen LogP contribution in [0.4, 0.5) is 0 Å². The van der Waals surface area contributed by atoms with E-state index in [-0.39, 0.29) is 11.7 Å². The fraction of sp³-hybridized carbons (Fsp3) is 0.643. The largest absolute Gasteiger partial charge is 0.455 e. The van der Waals surface area contributed by atoms with Crippen molar-refractivity contribution in [1.29, 1.82) is 0 Å². The van der Waals surface area contributed by atoms with Gasteiger partial charge in [-0.1, -0.05) is 0 Å². The molecule has 1 aromatic heterocycles. The number of likely N-dealkylation sites (tertiary alicyclic amines) is 2. The quantitative estimate of drug-likeness (QED) is 0.478. The van der Waals surface area contributed by atoms with Gasteiger partial charge in [-0.2, -0.15) is 0 Å². The summed E-state index contributed by atoms with van der Waals surface area (Å²) in [5.41, 5.74) is 2.08. The van der Waals surface area contributed by atoms with Crippen LogP contribution in [0.15, 0.2) is 16.5 Å². The molecule has 2 fully saturated rings. The topological polar surface area (TPSA) is 74.7 Å². The lowest BCUT2D eigenvalue weighted by Crippen LogP contribution is -2.35. The average Bonchev–Trinajstić information content (AvgIpc) is 3.19. The molecule has 2 aliphatic heterocycles. The van der Waals surface area contributed by atoms with Crippen LogP contribution in [-0.2, 0) is 6.54 Å². The first-order chi connectivity index (χ1) is 9.76. The molecule has 3 heterocycles. The zero-order valence-corrected chi connectivity index (χ0v) is 11.7. The van der Waals surface area contributed by atoms with Crippen LogP contribution < -0.4 is 11.3 Å². The van der Waals surface area contributed by atoms with E-state index in [9.17, 15) is 4.79 Å². The smallest absolute Gasteiger partial charge is 0.300 e. The van der Waals surface area contributed by atoms with Crippen molar-refractivity contribution in [3.05, 3.63) is 23.7 Å². The highest BCUT2D eigenvalue weighted by Gasteiger charge is 2.29. The summed E-state index contributed by atoms with van der Waals surface area (Å²) in [7, 11) is 0. The average molecular weight is 278 g/mol. The Bertz CT molecular complexity index is 467. The van der Waals surface area contributed by atoms with Crippen LogP contribution in [0.25, 0.3) is 0 Å². The van der Waals surface area contributed by atoms with Gasteiger partial charge < -0.3 is 4.42 Å². The number of nitrogen functional groups attached to an aromatic ring is 1. The molecule has 110 valence electrons. The Labute approximate surface area is 118 Å². The van der Waals surface area contributed by atoms with Crippen molar-refractivity contribution in [2.75, 3.05) is 26.2 Å². The second-order valence-corrected chi connectivity index (χ2v) is 5.66. The van der Waals surface area contributed by atoms with Crippen molar-refractivity contribution in [1.82, 2.24) is 15.2 Å². The van der Waals surface area contributed by atoms with Gasteiger partial charge >= 0.3 is 5.91 Å². The summed E-state index contributed by atoms with van der Waals surface area (Å²) in [5.74, 6) is 5.81. The Morgan fingerprint density at radius 3 is 2.90 bits per heavy atom. The molecular weight excluding hydrogens is 256 g/mol. The van der Waals surface area contributed by atoms with Crippen LogP contribution in [0, 0.1) is 0 Å². The Morgan fingerprint density at radius 1 is 1.35 bits per heavy atom. The first kappa shape index (κ1) is 13.6. The molecule has 6 nitrogen and oxygen atoms in total. The second kappa shape index (κ2) is 5.95. The first-order valence-electron chi connectivity index (χ1n) is 7.32. The molecule has 3 rings (SSSR count). The van der Waals surface area contributed by atoms with Crippen LogP contribution in [-0.4, -0.2) is 47.9 Å². The van der Waals surface area contributed by atoms with E-state index in [1.165, 1.54) is 32.4 Å². The van der Waals surface area contributed by atoms with E-state index in [0.717, 1.165) is 25.4 Å². The molecule has 1 unspecified atom stereocenters. The second-order valence-electron chi connectivity index (χ2n) is 5.66. The number of hydrogen-bond acceptors (Lipinski definition) is 5. The summed E-state index contributed by atoms with van der Waals surface area (Å²) in [5, 5.41) is 0. The maximum atomic E-state index is 11.3. The van der Waals surface area contributed by atoms with Gasteiger partial charge in [0.05, 0.1) is 6.54 Å². The van der Waals surface area contributed by atoms with E-state index in [0.29, 0.717) is 6.04 Å². The molecule has 3 N–H and O–H groups in total. The summed E-state index contributed by atoms with van der Waals surface area (Å²) in [6.45, 7) is 5.46. The van der Waals surface area contributed by atoms with Gasteiger partial charge in [-0.15, -0.1) is 0 Å². The van der Waals surface area contributed by atoms with Gasteiger partial charge in [-0.05, 0) is 44.5 Å². The highest BCUT2D eigenvalue weighted by atomic mass is 16.4. The van der Waals surface area contributed by atoms with Gasteiger partial charge in [0.2, 0.25) is 0 Å². The Hall–Kier alpha value is -1.37. The third-order valence-electron chi connectivity index (χ3n) is 4.30. The van der Waals surface area contributed by atoms with E-state index < -0.39 is 0 Å². The molecule has 0 aliphatic carbocycles. The molecule has 6 heteroatoms. The predicted octanol–water partition coefficient (Wildman–Crippen LogP) is 0.553. The molecule has 0 spiro atoms. The fourth-order valence-electron chi connectivity index (χ4n) is 3.24. The fourth-order valence-corrected chi connectivity index (χ4v) is 3.24. The summed E-state index contributed by atoms with van der Waals surface area (Å²) >= 11 is 0. The van der Waals surface area contributed by atoms with Crippen LogP contribution in [0.2, 0.25) is 0 Å². The lowest BCUT2D eigenvalue weighted by Gasteiger charge is -2.23. The molecule has 1 aromatic rings. The lowest BCUT2D eigenvalue weighted by atomic mass is 10.2. The minimum atomic E-state index is -0.382. The number of nitrogens with two attached hydrogens (primary N) is 1. The number of carbonyl (C=O) groups excluding carboxylic acids is 1. The van der Waals surface area contributed by atoms with Crippen molar-refractivity contribution in [3.8, 4) is 0 Å². The van der Waals surface area contributed by atoms with Crippen LogP contribution in [0.3, 0.4) is 0 Å². The number of nitrogens with zero attached hydrogens (tertiary/aromatic N) is 2. The normalized spacial score (nSPS) is 24.4. The molecule has 20 heavy (non-hydrogen) atoms. The van der Waals surface area contributed by atoms with Crippen molar-refractivity contribution < 1.29 is 9.21 Å². The van der Waals surface area contributed by atoms with Crippen molar-refractivity contribution in [3.63, 3.8) is 0 Å². The van der Waals surface area contributed by atoms with Gasteiger partial charge in [0, 0.05) is 19.1 Å². The third kappa shape index (κ3) is 2.87. The van der Waals surface area contributed by atoms with Crippen molar-refractivity contribution in [2.24, 2.45) is 5.84 Å². The monoisotopic (exact) mass is 278 g/mol. The van der Waals surface area contributed by atoms with E-state index in [2.05, 4.69) is 15.2 Å². The van der Waals surface area contributed by atoms with E-state index >= 15 is 0 Å². The lowest BCUT2D eigenvalue weighted by molar-refractivity contribution is 0.0922. The summed E-state index contributed by atoms with van der Waals surface area (Å²) in [4.78, 5) is 16.3. The molecular formula is C14H22N4O2. The predicted molar refractivity (Wildman–Crippen MR) is 74.9 cm³/mol. The molecule has 1 amide bonds. The van der Waals surface area contributed by atoms with E-state index in [1.54, 1.807) is 6.07 Å². The zero-order chi connectivity index (χ0) is 13.9. The van der Waals surface area contributed by atoms with Gasteiger partial charge in [-0.25, -0.2) is 5.84 Å². The highest BCUT2D eigenvalue weighted by molar-refractivity contribution is 5.90. The highest BCUT2D eigenvalue weighted by Crippen LogP contribution is 2.22. The van der Waals surface area contributed by atoms with Crippen LogP contribution in [0.5, 0.6) is 0 Å². The van der Waals surface area contributed by atoms with Gasteiger partial charge in [0.25, 0.3) is 0 Å². The van der Waals surface area contributed by atoms with Crippen LogP contribution in [0.1, 0.15) is 35.6 Å². The molecule has 0 radical (unpaired) electrons. The molecule has 2 saturated heterocycles. The minimum absolute atomic E-state index is 0.276. The van der Waals surface area contributed by atoms with Gasteiger partial charge in [0.1, 0.15) is 5.76 Å². The maximum Gasteiger partial charge on any atom is 0.300 e. The van der Waals surface area contributed by atoms with E-state index in [1.807, 2.05) is 6.07 Å². The summed E-state index contributed by atoms with van der Waals surface area (Å²) < 4.78 is 5.51. The standard InChI is InChI=1S/C14H22N4O2/c15-16-14(19)13-4-3-12(20-13)10-17-8-5-11(9-17)18-6-1-2-7-18/h3-4,11H,1-2,5-10,15H2,(H,16,19).